The van der Waals surface area contributed by atoms with Gasteiger partial charge in [-0.05, 0) is 75.4 Å². The van der Waals surface area contributed by atoms with Crippen LogP contribution in [-0.2, 0) is 11.3 Å². The number of nitrogens with one attached hydrogen (secondary N) is 3. The molecule has 0 bridgehead atoms. The van der Waals surface area contributed by atoms with Crippen LogP contribution < -0.4 is 20.4 Å². The van der Waals surface area contributed by atoms with Gasteiger partial charge in [0.05, 0.1) is 16.0 Å². The fraction of sp³-hybridized carbons (Fsp3) is 0.485. The first kappa shape index (κ1) is 32.5. The Balaban J connectivity index is 1.48. The van der Waals surface area contributed by atoms with Crippen LogP contribution >= 0.6 is 11.3 Å². The maximum atomic E-state index is 12.7. The van der Waals surface area contributed by atoms with Gasteiger partial charge in [0.1, 0.15) is 5.75 Å². The molecule has 8 nitrogen and oxygen atoms in total. The molecule has 1 aliphatic rings. The molecule has 0 saturated heterocycles. The number of anilines is 1. The average molecular weight is 623 g/mol. The van der Waals surface area contributed by atoms with Gasteiger partial charge in [0.2, 0.25) is 0 Å². The minimum Gasteiger partial charge on any atom is -0.543 e. The number of benzene rings is 2. The van der Waals surface area contributed by atoms with Crippen LogP contribution in [0.5, 0.6) is 5.75 Å². The second-order valence-electron chi connectivity index (χ2n) is 13.1. The van der Waals surface area contributed by atoms with Gasteiger partial charge in [-0.1, -0.05) is 51.1 Å². The van der Waals surface area contributed by atoms with Crippen LogP contribution in [0.2, 0.25) is 18.1 Å². The van der Waals surface area contributed by atoms with Gasteiger partial charge in [-0.25, -0.2) is 14.6 Å². The van der Waals surface area contributed by atoms with Gasteiger partial charge in [0.25, 0.3) is 8.32 Å². The van der Waals surface area contributed by atoms with Crippen molar-refractivity contribution in [3.63, 3.8) is 0 Å². The molecule has 0 radical (unpaired) electrons. The third-order valence-corrected chi connectivity index (χ3v) is 13.8. The molecule has 1 aliphatic carbocycles. The molecule has 2 aromatic carbocycles. The minimum atomic E-state index is -2.18. The SMILES string of the molecule is CC(C)OC(=O)N[C@H]1CC[C@H](c2ncc(-c3ccc(NC(=O)NCc4ccccc4)cc3O[Si](C)(C)C(C)(C)C)s2)CC1. The number of carbonyl (C=O) groups is 2. The summed E-state index contributed by atoms with van der Waals surface area (Å²) in [6, 6.07) is 15.6. The lowest BCUT2D eigenvalue weighted by atomic mass is 9.86. The lowest BCUT2D eigenvalue weighted by molar-refractivity contribution is 0.109. The second-order valence-corrected chi connectivity index (χ2v) is 18.9. The maximum absolute atomic E-state index is 12.7. The fourth-order valence-electron chi connectivity index (χ4n) is 4.77. The molecule has 232 valence electrons. The van der Waals surface area contributed by atoms with Gasteiger partial charge in [0, 0.05) is 42.0 Å². The van der Waals surface area contributed by atoms with E-state index in [2.05, 4.69) is 49.8 Å². The van der Waals surface area contributed by atoms with Crippen LogP contribution in [0.25, 0.3) is 10.4 Å². The molecule has 1 saturated carbocycles. The number of amides is 3. The van der Waals surface area contributed by atoms with Crippen LogP contribution in [0.4, 0.5) is 15.3 Å². The predicted octanol–water partition coefficient (Wildman–Crippen LogP) is 8.68. The number of hydrogen-bond acceptors (Lipinski definition) is 6. The monoisotopic (exact) mass is 622 g/mol. The van der Waals surface area contributed by atoms with Crippen molar-refractivity contribution in [1.82, 2.24) is 15.6 Å². The van der Waals surface area contributed by atoms with Crippen LogP contribution in [0, 0.1) is 0 Å². The lowest BCUT2D eigenvalue weighted by Crippen LogP contribution is -2.44. The summed E-state index contributed by atoms with van der Waals surface area (Å²) in [5, 5.41) is 10.0. The van der Waals surface area contributed by atoms with Gasteiger partial charge in [-0.15, -0.1) is 11.3 Å². The maximum Gasteiger partial charge on any atom is 0.407 e. The Hall–Kier alpha value is -3.37. The Kier molecular flexibility index (Phi) is 10.6. The van der Waals surface area contributed by atoms with E-state index in [1.165, 1.54) is 0 Å². The Labute approximate surface area is 261 Å². The number of rotatable bonds is 9. The molecule has 1 aromatic heterocycles. The molecule has 3 N–H and O–H groups in total. The van der Waals surface area contributed by atoms with E-state index in [0.717, 1.165) is 52.4 Å². The highest BCUT2D eigenvalue weighted by atomic mass is 32.1. The Morgan fingerprint density at radius 2 is 1.74 bits per heavy atom. The molecular weight excluding hydrogens is 577 g/mol. The molecule has 10 heteroatoms. The average Bonchev–Trinajstić information content (AvgIpc) is 3.42. The number of thiazole rings is 1. The number of aromatic nitrogens is 1. The lowest BCUT2D eigenvalue weighted by Gasteiger charge is -2.37. The molecule has 4 rings (SSSR count). The summed E-state index contributed by atoms with van der Waals surface area (Å²) in [5.41, 5.74) is 2.69. The molecule has 0 unspecified atom stereocenters. The summed E-state index contributed by atoms with van der Waals surface area (Å²) in [6.45, 7) is 15.3. The van der Waals surface area contributed by atoms with E-state index in [1.807, 2.05) is 68.6 Å². The van der Waals surface area contributed by atoms with E-state index in [9.17, 15) is 9.59 Å². The number of urea groups is 1. The zero-order valence-electron chi connectivity index (χ0n) is 26.5. The van der Waals surface area contributed by atoms with E-state index >= 15 is 0 Å². The molecule has 0 spiro atoms. The van der Waals surface area contributed by atoms with Crippen LogP contribution in [0.1, 0.15) is 76.8 Å². The van der Waals surface area contributed by atoms with E-state index < -0.39 is 8.32 Å². The quantitative estimate of drug-likeness (QED) is 0.207. The minimum absolute atomic E-state index is 0.00782. The van der Waals surface area contributed by atoms with Crippen molar-refractivity contribution in [2.45, 2.75) is 103 Å². The highest BCUT2D eigenvalue weighted by Gasteiger charge is 2.39. The van der Waals surface area contributed by atoms with Crippen molar-refractivity contribution in [3.8, 4) is 16.2 Å². The van der Waals surface area contributed by atoms with E-state index in [0.29, 0.717) is 18.2 Å². The summed E-state index contributed by atoms with van der Waals surface area (Å²) in [5.74, 6) is 1.12. The third-order valence-electron chi connectivity index (χ3n) is 8.24. The zero-order valence-corrected chi connectivity index (χ0v) is 28.3. The standard InChI is InChI=1S/C33H46N4O4SSi/c1-22(2)40-32(39)37-25-15-13-24(14-16-25)30-34-21-29(42-30)27-18-17-26(19-28(27)41-43(6,7)33(3,4)5)36-31(38)35-20-23-11-9-8-10-12-23/h8-12,17-19,21-22,24-25H,13-16,20H2,1-7H3,(H,37,39)(H2,35,36,38)/t24-,25-. The van der Waals surface area contributed by atoms with Crippen LogP contribution in [-0.4, -0.2) is 37.6 Å². The summed E-state index contributed by atoms with van der Waals surface area (Å²) >= 11 is 1.70. The number of hydrogen-bond donors (Lipinski definition) is 3. The molecule has 1 heterocycles. The van der Waals surface area contributed by atoms with Gasteiger partial charge < -0.3 is 25.1 Å². The van der Waals surface area contributed by atoms with Crippen molar-refractivity contribution in [3.05, 3.63) is 65.3 Å². The third kappa shape index (κ3) is 9.06. The van der Waals surface area contributed by atoms with Gasteiger partial charge in [0.15, 0.2) is 0 Å². The summed E-state index contributed by atoms with van der Waals surface area (Å²) in [7, 11) is -2.18. The number of carbonyl (C=O) groups excluding carboxylic acids is 2. The van der Waals surface area contributed by atoms with Crippen molar-refractivity contribution < 1.29 is 18.8 Å². The van der Waals surface area contributed by atoms with Crippen molar-refractivity contribution in [2.24, 2.45) is 0 Å². The first-order chi connectivity index (χ1) is 20.3. The predicted molar refractivity (Wildman–Crippen MR) is 177 cm³/mol. The van der Waals surface area contributed by atoms with Crippen LogP contribution in [0.15, 0.2) is 54.7 Å². The zero-order chi connectivity index (χ0) is 31.2. The molecule has 3 amide bonds. The number of nitrogens with zero attached hydrogens (tertiary/aromatic N) is 1. The molecule has 43 heavy (non-hydrogen) atoms. The first-order valence-corrected chi connectivity index (χ1v) is 18.9. The Bertz CT molecular complexity index is 1380. The smallest absolute Gasteiger partial charge is 0.407 e. The molecule has 1 fully saturated rings. The van der Waals surface area contributed by atoms with Gasteiger partial charge in [-0.3, -0.25) is 0 Å². The van der Waals surface area contributed by atoms with Gasteiger partial charge in [-0.2, -0.15) is 0 Å². The highest BCUT2D eigenvalue weighted by molar-refractivity contribution is 7.15. The topological polar surface area (TPSA) is 102 Å². The normalized spacial score (nSPS) is 17.3. The van der Waals surface area contributed by atoms with Gasteiger partial charge >= 0.3 is 12.1 Å². The number of ether oxygens (including phenoxy) is 1. The molecule has 0 aliphatic heterocycles. The van der Waals surface area contributed by atoms with E-state index in [-0.39, 0.29) is 29.3 Å². The van der Waals surface area contributed by atoms with Crippen molar-refractivity contribution in [1.29, 1.82) is 0 Å². The Morgan fingerprint density at radius 3 is 2.40 bits per heavy atom. The molecule has 0 atom stereocenters. The molecular formula is C33H46N4O4SSi. The van der Waals surface area contributed by atoms with Crippen LogP contribution in [0.3, 0.4) is 0 Å². The molecule has 3 aromatic rings. The second kappa shape index (κ2) is 13.9. The first-order valence-electron chi connectivity index (χ1n) is 15.2. The Morgan fingerprint density at radius 1 is 1.05 bits per heavy atom. The fourth-order valence-corrected chi connectivity index (χ4v) is 6.91. The summed E-state index contributed by atoms with van der Waals surface area (Å²) in [4.78, 5) is 30.6. The van der Waals surface area contributed by atoms with Crippen molar-refractivity contribution in [2.75, 3.05) is 5.32 Å². The summed E-state index contributed by atoms with van der Waals surface area (Å²) in [6.07, 6.45) is 5.21. The largest absolute Gasteiger partial charge is 0.543 e. The number of alkyl carbamates (subject to hydrolysis) is 1. The van der Waals surface area contributed by atoms with E-state index in [4.69, 9.17) is 14.1 Å². The van der Waals surface area contributed by atoms with E-state index in [1.54, 1.807) is 11.3 Å². The summed E-state index contributed by atoms with van der Waals surface area (Å²) < 4.78 is 12.1. The van der Waals surface area contributed by atoms with Crippen molar-refractivity contribution >= 4 is 37.5 Å². The highest BCUT2D eigenvalue weighted by Crippen LogP contribution is 2.44.